The van der Waals surface area contributed by atoms with Crippen LogP contribution in [-0.4, -0.2) is 22.0 Å². The smallest absolute Gasteiger partial charge is 0.307 e. The number of carbonyl (C=O) groups excluding carboxylic acids is 1. The summed E-state index contributed by atoms with van der Waals surface area (Å²) in [5.41, 5.74) is 0.852. The first-order valence-corrected chi connectivity index (χ1v) is 8.34. The van der Waals surface area contributed by atoms with Gasteiger partial charge in [0.2, 0.25) is 5.91 Å². The molecule has 2 saturated carbocycles. The van der Waals surface area contributed by atoms with Crippen molar-refractivity contribution in [1.29, 1.82) is 0 Å². The Balaban J connectivity index is 1.57. The maximum atomic E-state index is 12.6. The van der Waals surface area contributed by atoms with E-state index < -0.39 is 17.8 Å². The predicted molar refractivity (Wildman–Crippen MR) is 83.7 cm³/mol. The fourth-order valence-electron chi connectivity index (χ4n) is 4.14. The van der Waals surface area contributed by atoms with Crippen molar-refractivity contribution in [3.63, 3.8) is 0 Å². The molecule has 114 valence electrons. The maximum absolute atomic E-state index is 12.6. The van der Waals surface area contributed by atoms with Crippen molar-refractivity contribution in [3.8, 4) is 0 Å². The van der Waals surface area contributed by atoms with Gasteiger partial charge in [0.15, 0.2) is 5.13 Å². The van der Waals surface area contributed by atoms with Crippen LogP contribution in [0.15, 0.2) is 24.3 Å². The van der Waals surface area contributed by atoms with E-state index in [4.69, 9.17) is 0 Å². The topological polar surface area (TPSA) is 79.3 Å². The van der Waals surface area contributed by atoms with Gasteiger partial charge in [0.25, 0.3) is 0 Å². The number of para-hydroxylation sites is 1. The number of rotatable bonds is 3. The molecule has 1 amide bonds. The predicted octanol–water partition coefficient (Wildman–Crippen LogP) is 2.98. The number of carboxylic acids is 1. The highest BCUT2D eigenvalue weighted by Crippen LogP contribution is 2.52. The molecule has 2 fully saturated rings. The fourth-order valence-corrected chi connectivity index (χ4v) is 5.01. The molecule has 1 aromatic heterocycles. The number of benzene rings is 1. The third-order valence-corrected chi connectivity index (χ3v) is 5.98. The lowest BCUT2D eigenvalue weighted by Crippen LogP contribution is -2.37. The number of thiazole rings is 1. The van der Waals surface area contributed by atoms with Crippen molar-refractivity contribution in [2.45, 2.75) is 19.3 Å². The molecule has 0 aliphatic heterocycles. The summed E-state index contributed by atoms with van der Waals surface area (Å²) in [4.78, 5) is 28.5. The lowest BCUT2D eigenvalue weighted by atomic mass is 9.79. The van der Waals surface area contributed by atoms with Crippen LogP contribution in [0.2, 0.25) is 0 Å². The summed E-state index contributed by atoms with van der Waals surface area (Å²) in [6.07, 6.45) is 2.77. The van der Waals surface area contributed by atoms with Gasteiger partial charge in [0.1, 0.15) is 0 Å². The molecular weight excluding hydrogens is 300 g/mol. The molecule has 22 heavy (non-hydrogen) atoms. The molecular formula is C16H16N2O3S. The summed E-state index contributed by atoms with van der Waals surface area (Å²) in [6, 6.07) is 7.70. The molecule has 0 radical (unpaired) electrons. The van der Waals surface area contributed by atoms with Gasteiger partial charge in [-0.15, -0.1) is 0 Å². The molecule has 2 bridgehead atoms. The Kier molecular flexibility index (Phi) is 3.14. The van der Waals surface area contributed by atoms with Crippen LogP contribution in [0.5, 0.6) is 0 Å². The number of hydrogen-bond donors (Lipinski definition) is 2. The monoisotopic (exact) mass is 316 g/mol. The van der Waals surface area contributed by atoms with Gasteiger partial charge in [-0.25, -0.2) is 4.98 Å². The van der Waals surface area contributed by atoms with Gasteiger partial charge in [-0.3, -0.25) is 9.59 Å². The molecule has 6 heteroatoms. The van der Waals surface area contributed by atoms with Gasteiger partial charge >= 0.3 is 5.97 Å². The first-order chi connectivity index (χ1) is 10.6. The number of aromatic nitrogens is 1. The van der Waals surface area contributed by atoms with Crippen LogP contribution in [0.4, 0.5) is 5.13 Å². The summed E-state index contributed by atoms with van der Waals surface area (Å²) in [7, 11) is 0. The van der Waals surface area contributed by atoms with Gasteiger partial charge in [-0.05, 0) is 43.2 Å². The molecule has 0 saturated heterocycles. The van der Waals surface area contributed by atoms with Crippen molar-refractivity contribution in [2.75, 3.05) is 5.32 Å². The molecule has 0 unspecified atom stereocenters. The zero-order valence-electron chi connectivity index (χ0n) is 11.9. The molecule has 2 N–H and O–H groups in total. The van der Waals surface area contributed by atoms with E-state index >= 15 is 0 Å². The average Bonchev–Trinajstić information content (AvgIpc) is 3.19. The van der Waals surface area contributed by atoms with E-state index in [1.807, 2.05) is 24.3 Å². The number of fused-ring (bicyclic) bond motifs is 3. The van der Waals surface area contributed by atoms with E-state index in [0.717, 1.165) is 29.5 Å². The highest BCUT2D eigenvalue weighted by Gasteiger charge is 2.54. The maximum Gasteiger partial charge on any atom is 0.307 e. The second-order valence-electron chi connectivity index (χ2n) is 6.20. The summed E-state index contributed by atoms with van der Waals surface area (Å²) in [6.45, 7) is 0. The quantitative estimate of drug-likeness (QED) is 0.912. The minimum atomic E-state index is -0.836. The number of hydrogen-bond acceptors (Lipinski definition) is 4. The summed E-state index contributed by atoms with van der Waals surface area (Å²) in [5, 5.41) is 12.8. The Morgan fingerprint density at radius 3 is 2.64 bits per heavy atom. The van der Waals surface area contributed by atoms with Gasteiger partial charge in [0, 0.05) is 0 Å². The Bertz CT molecular complexity index is 724. The van der Waals surface area contributed by atoms with Crippen LogP contribution in [0.3, 0.4) is 0 Å². The minimum Gasteiger partial charge on any atom is -0.481 e. The third kappa shape index (κ3) is 2.09. The van der Waals surface area contributed by atoms with Gasteiger partial charge in [-0.1, -0.05) is 23.5 Å². The summed E-state index contributed by atoms with van der Waals surface area (Å²) >= 11 is 1.42. The molecule has 1 heterocycles. The minimum absolute atomic E-state index is 0.161. The number of carboxylic acid groups (broad SMARTS) is 1. The van der Waals surface area contributed by atoms with E-state index in [2.05, 4.69) is 10.3 Å². The first-order valence-electron chi connectivity index (χ1n) is 7.53. The van der Waals surface area contributed by atoms with Crippen molar-refractivity contribution < 1.29 is 14.7 Å². The van der Waals surface area contributed by atoms with Crippen molar-refractivity contribution in [1.82, 2.24) is 4.98 Å². The third-order valence-electron chi connectivity index (χ3n) is 5.03. The molecule has 2 aliphatic rings. The van der Waals surface area contributed by atoms with Crippen LogP contribution in [-0.2, 0) is 9.59 Å². The second kappa shape index (κ2) is 5.05. The molecule has 2 aromatic rings. The number of carbonyl (C=O) groups is 2. The highest BCUT2D eigenvalue weighted by atomic mass is 32.1. The molecule has 1 aromatic carbocycles. The van der Waals surface area contributed by atoms with Crippen molar-refractivity contribution in [3.05, 3.63) is 24.3 Å². The lowest BCUT2D eigenvalue weighted by molar-refractivity contribution is -0.148. The number of nitrogens with one attached hydrogen (secondary N) is 1. The molecule has 5 nitrogen and oxygen atoms in total. The Morgan fingerprint density at radius 2 is 1.91 bits per heavy atom. The van der Waals surface area contributed by atoms with E-state index in [9.17, 15) is 14.7 Å². The van der Waals surface area contributed by atoms with Crippen LogP contribution in [0.1, 0.15) is 19.3 Å². The van der Waals surface area contributed by atoms with Crippen molar-refractivity contribution in [2.24, 2.45) is 23.7 Å². The van der Waals surface area contributed by atoms with Gasteiger partial charge in [-0.2, -0.15) is 0 Å². The van der Waals surface area contributed by atoms with Gasteiger partial charge < -0.3 is 10.4 Å². The van der Waals surface area contributed by atoms with Crippen LogP contribution in [0.25, 0.3) is 10.2 Å². The van der Waals surface area contributed by atoms with Crippen molar-refractivity contribution >= 4 is 38.6 Å². The standard InChI is InChI=1S/C16H16N2O3S/c19-14(12-8-5-6-9(7-8)13(12)15(20)21)18-16-17-10-3-1-2-4-11(10)22-16/h1-4,8-9,12-13H,5-7H2,(H,20,21)(H,17,18,19)/t8-,9-,12-,13-/m0/s1. The zero-order valence-corrected chi connectivity index (χ0v) is 12.7. The lowest BCUT2D eigenvalue weighted by Gasteiger charge is -2.26. The Labute approximate surface area is 131 Å². The molecule has 4 atom stereocenters. The van der Waals surface area contributed by atoms with Gasteiger partial charge in [0.05, 0.1) is 22.1 Å². The molecule has 4 rings (SSSR count). The van der Waals surface area contributed by atoms with E-state index in [1.54, 1.807) is 0 Å². The Morgan fingerprint density at radius 1 is 1.18 bits per heavy atom. The normalized spacial score (nSPS) is 29.8. The van der Waals surface area contributed by atoms with E-state index in [0.29, 0.717) is 5.13 Å². The summed E-state index contributed by atoms with van der Waals surface area (Å²) in [5.74, 6) is -1.60. The zero-order chi connectivity index (χ0) is 15.3. The van der Waals surface area contributed by atoms with E-state index in [-0.39, 0.29) is 17.7 Å². The highest BCUT2D eigenvalue weighted by molar-refractivity contribution is 7.22. The number of nitrogens with zero attached hydrogens (tertiary/aromatic N) is 1. The number of amides is 1. The number of anilines is 1. The second-order valence-corrected chi connectivity index (χ2v) is 7.23. The molecule has 0 spiro atoms. The Hall–Kier alpha value is -1.95. The fraction of sp³-hybridized carbons (Fsp3) is 0.438. The summed E-state index contributed by atoms with van der Waals surface area (Å²) < 4.78 is 1.01. The number of aliphatic carboxylic acids is 1. The average molecular weight is 316 g/mol. The van der Waals surface area contributed by atoms with Crippen LogP contribution < -0.4 is 5.32 Å². The van der Waals surface area contributed by atoms with Crippen LogP contribution in [0, 0.1) is 23.7 Å². The largest absolute Gasteiger partial charge is 0.481 e. The first kappa shape index (κ1) is 13.7. The molecule has 2 aliphatic carbocycles. The SMILES string of the molecule is O=C(O)[C@H]1[C@H]2CC[C@@H](C2)[C@@H]1C(=O)Nc1nc2ccccc2s1. The van der Waals surface area contributed by atoms with Crippen LogP contribution >= 0.6 is 11.3 Å². The van der Waals surface area contributed by atoms with E-state index in [1.165, 1.54) is 11.3 Å².